The second-order valence-electron chi connectivity index (χ2n) is 6.34. The van der Waals surface area contributed by atoms with E-state index >= 15 is 0 Å². The van der Waals surface area contributed by atoms with Crippen molar-refractivity contribution in [2.75, 3.05) is 5.32 Å². The van der Waals surface area contributed by atoms with Crippen molar-refractivity contribution in [3.63, 3.8) is 0 Å². The Labute approximate surface area is 123 Å². The fraction of sp³-hybridized carbons (Fsp3) is 0.467. The number of hydrogen-bond acceptors (Lipinski definition) is 3. The maximum atomic E-state index is 13.3. The van der Waals surface area contributed by atoms with E-state index in [0.29, 0.717) is 12.1 Å². The van der Waals surface area contributed by atoms with Gasteiger partial charge in [0.05, 0.1) is 5.56 Å². The molecule has 5 nitrogen and oxygen atoms in total. The molecule has 0 aliphatic carbocycles. The van der Waals surface area contributed by atoms with E-state index < -0.39 is 11.7 Å². The molecule has 21 heavy (non-hydrogen) atoms. The smallest absolute Gasteiger partial charge is 0.251 e. The highest BCUT2D eigenvalue weighted by Crippen LogP contribution is 2.21. The van der Waals surface area contributed by atoms with Crippen LogP contribution < -0.4 is 16.8 Å². The zero-order valence-corrected chi connectivity index (χ0v) is 12.6. The Kier molecular flexibility index (Phi) is 5.43. The lowest BCUT2D eigenvalue weighted by Crippen LogP contribution is -2.31. The highest BCUT2D eigenvalue weighted by Gasteiger charge is 2.18. The van der Waals surface area contributed by atoms with Gasteiger partial charge in [-0.2, -0.15) is 0 Å². The number of amides is 2. The number of nitrogens with one attached hydrogen (secondary N) is 1. The summed E-state index contributed by atoms with van der Waals surface area (Å²) in [5.74, 6) is -1.88. The third-order valence-corrected chi connectivity index (χ3v) is 2.84. The molecule has 1 unspecified atom stereocenters. The monoisotopic (exact) mass is 295 g/mol. The maximum Gasteiger partial charge on any atom is 0.251 e. The first kappa shape index (κ1) is 17.1. The van der Waals surface area contributed by atoms with E-state index in [9.17, 15) is 14.0 Å². The summed E-state index contributed by atoms with van der Waals surface area (Å²) in [6, 6.07) is 3.41. The van der Waals surface area contributed by atoms with Crippen LogP contribution in [0.15, 0.2) is 18.2 Å². The van der Waals surface area contributed by atoms with Gasteiger partial charge in [-0.1, -0.05) is 20.8 Å². The molecule has 1 aromatic carbocycles. The number of primary amides is 1. The zero-order valence-electron chi connectivity index (χ0n) is 12.6. The van der Waals surface area contributed by atoms with E-state index in [-0.39, 0.29) is 29.3 Å². The highest BCUT2D eigenvalue weighted by molar-refractivity contribution is 5.96. The van der Waals surface area contributed by atoms with Gasteiger partial charge >= 0.3 is 0 Å². The summed E-state index contributed by atoms with van der Waals surface area (Å²) in [6.07, 6.45) is 0.858. The lowest BCUT2D eigenvalue weighted by molar-refractivity contribution is -0.116. The van der Waals surface area contributed by atoms with Crippen LogP contribution in [0.1, 0.15) is 44.0 Å². The van der Waals surface area contributed by atoms with Crippen molar-refractivity contribution in [1.82, 2.24) is 0 Å². The average molecular weight is 295 g/mol. The molecule has 1 atom stereocenters. The summed E-state index contributed by atoms with van der Waals surface area (Å²) in [7, 11) is 0. The van der Waals surface area contributed by atoms with Crippen LogP contribution >= 0.6 is 0 Å². The number of nitrogens with two attached hydrogens (primary N) is 2. The van der Waals surface area contributed by atoms with Gasteiger partial charge in [0, 0.05) is 18.2 Å². The number of carbonyl (C=O) groups is 2. The second kappa shape index (κ2) is 6.67. The Bertz CT molecular complexity index is 538. The second-order valence-corrected chi connectivity index (χ2v) is 6.34. The summed E-state index contributed by atoms with van der Waals surface area (Å²) < 4.78 is 13.3. The van der Waals surface area contributed by atoms with Crippen molar-refractivity contribution in [2.24, 2.45) is 16.9 Å². The Morgan fingerprint density at radius 1 is 1.33 bits per heavy atom. The van der Waals surface area contributed by atoms with Crippen LogP contribution in [-0.2, 0) is 4.79 Å². The molecule has 0 radical (unpaired) electrons. The molecule has 0 saturated heterocycles. The fourth-order valence-electron chi connectivity index (χ4n) is 2.10. The van der Waals surface area contributed by atoms with E-state index in [0.717, 1.165) is 6.07 Å². The van der Waals surface area contributed by atoms with E-state index in [1.165, 1.54) is 12.1 Å². The quantitative estimate of drug-likeness (QED) is 0.775. The number of carbonyl (C=O) groups excluding carboxylic acids is 2. The maximum absolute atomic E-state index is 13.3. The predicted molar refractivity (Wildman–Crippen MR) is 80.2 cm³/mol. The molecule has 0 spiro atoms. The van der Waals surface area contributed by atoms with Crippen molar-refractivity contribution in [1.29, 1.82) is 0 Å². The fourth-order valence-corrected chi connectivity index (χ4v) is 2.10. The van der Waals surface area contributed by atoms with Crippen LogP contribution in [0, 0.1) is 11.2 Å². The molecule has 2 amide bonds. The minimum Gasteiger partial charge on any atom is -0.366 e. The van der Waals surface area contributed by atoms with E-state index in [2.05, 4.69) is 5.32 Å². The molecule has 1 aromatic rings. The van der Waals surface area contributed by atoms with Gasteiger partial charge in [0.2, 0.25) is 5.91 Å². The van der Waals surface area contributed by atoms with Gasteiger partial charge in [-0.3, -0.25) is 9.59 Å². The lowest BCUT2D eigenvalue weighted by Gasteiger charge is -2.22. The molecular weight excluding hydrogens is 273 g/mol. The summed E-state index contributed by atoms with van der Waals surface area (Å²) in [5.41, 5.74) is 11.1. The van der Waals surface area contributed by atoms with Crippen LogP contribution in [0.2, 0.25) is 0 Å². The molecule has 0 aliphatic rings. The topological polar surface area (TPSA) is 98.2 Å². The number of rotatable bonds is 5. The van der Waals surface area contributed by atoms with Gasteiger partial charge in [0.1, 0.15) is 5.82 Å². The summed E-state index contributed by atoms with van der Waals surface area (Å²) in [6.45, 7) is 6.14. The normalized spacial score (nSPS) is 12.8. The van der Waals surface area contributed by atoms with Gasteiger partial charge in [-0.05, 0) is 30.0 Å². The molecule has 116 valence electrons. The molecule has 0 heterocycles. The molecule has 0 aromatic heterocycles. The number of benzene rings is 1. The number of hydrogen-bond donors (Lipinski definition) is 3. The number of halogens is 1. The third kappa shape index (κ3) is 5.91. The molecule has 6 heteroatoms. The minimum atomic E-state index is -0.881. The van der Waals surface area contributed by atoms with Crippen molar-refractivity contribution in [3.8, 4) is 0 Å². The predicted octanol–water partition coefficient (Wildman–Crippen LogP) is 2.02. The zero-order chi connectivity index (χ0) is 16.2. The minimum absolute atomic E-state index is 0.0364. The molecule has 5 N–H and O–H groups in total. The Hall–Kier alpha value is -1.95. The third-order valence-electron chi connectivity index (χ3n) is 2.84. The van der Waals surface area contributed by atoms with Crippen molar-refractivity contribution in [3.05, 3.63) is 29.6 Å². The molecule has 0 bridgehead atoms. The molecule has 0 fully saturated rings. The van der Waals surface area contributed by atoms with E-state index in [1.54, 1.807) is 0 Å². The number of anilines is 1. The molecule has 0 saturated carbocycles. The first-order chi connectivity index (χ1) is 9.58. The first-order valence-electron chi connectivity index (χ1n) is 6.73. The van der Waals surface area contributed by atoms with Gasteiger partial charge in [0.25, 0.3) is 5.91 Å². The molecule has 0 aliphatic heterocycles. The van der Waals surface area contributed by atoms with Crippen molar-refractivity contribution >= 4 is 17.5 Å². The molecular formula is C15H22FN3O2. The van der Waals surface area contributed by atoms with E-state index in [1.807, 2.05) is 20.8 Å². The Morgan fingerprint density at radius 2 is 1.95 bits per heavy atom. The Balaban J connectivity index is 2.67. The van der Waals surface area contributed by atoms with Crippen molar-refractivity contribution in [2.45, 2.75) is 39.7 Å². The van der Waals surface area contributed by atoms with Crippen LogP contribution in [0.5, 0.6) is 0 Å². The van der Waals surface area contributed by atoms with Crippen LogP contribution in [0.25, 0.3) is 0 Å². The molecule has 1 rings (SSSR count). The van der Waals surface area contributed by atoms with Gasteiger partial charge < -0.3 is 16.8 Å². The van der Waals surface area contributed by atoms with Crippen LogP contribution in [0.3, 0.4) is 0 Å². The van der Waals surface area contributed by atoms with Gasteiger partial charge in [-0.15, -0.1) is 0 Å². The van der Waals surface area contributed by atoms with Gasteiger partial charge in [0.15, 0.2) is 0 Å². The standard InChI is InChI=1S/C15H22FN3O2/c1-15(2,3)8-9(17)6-13(20)19-10-4-5-12(16)11(7-10)14(18)21/h4-5,7,9H,6,8,17H2,1-3H3,(H2,18,21)(H,19,20). The SMILES string of the molecule is CC(C)(C)CC(N)CC(=O)Nc1ccc(F)c(C(N)=O)c1. The van der Waals surface area contributed by atoms with Crippen LogP contribution in [0.4, 0.5) is 10.1 Å². The summed E-state index contributed by atoms with van der Waals surface area (Å²) in [5, 5.41) is 2.59. The largest absolute Gasteiger partial charge is 0.366 e. The van der Waals surface area contributed by atoms with E-state index in [4.69, 9.17) is 11.5 Å². The van der Waals surface area contributed by atoms with Gasteiger partial charge in [-0.25, -0.2) is 4.39 Å². The average Bonchev–Trinajstić information content (AvgIpc) is 2.28. The summed E-state index contributed by atoms with van der Waals surface area (Å²) in [4.78, 5) is 22.9. The highest BCUT2D eigenvalue weighted by atomic mass is 19.1. The summed E-state index contributed by atoms with van der Waals surface area (Å²) >= 11 is 0. The Morgan fingerprint density at radius 3 is 2.48 bits per heavy atom. The first-order valence-corrected chi connectivity index (χ1v) is 6.73. The lowest BCUT2D eigenvalue weighted by atomic mass is 9.87. The van der Waals surface area contributed by atoms with Crippen molar-refractivity contribution < 1.29 is 14.0 Å². The van der Waals surface area contributed by atoms with Crippen LogP contribution in [-0.4, -0.2) is 17.9 Å².